The van der Waals surface area contributed by atoms with Crippen LogP contribution in [0.1, 0.15) is 21.5 Å². The molecule has 0 spiro atoms. The summed E-state index contributed by atoms with van der Waals surface area (Å²) >= 11 is 0. The van der Waals surface area contributed by atoms with Crippen LogP contribution in [-0.2, 0) is 0 Å². The molecule has 1 amide bonds. The Morgan fingerprint density at radius 3 is 2.02 bits per heavy atom. The van der Waals surface area contributed by atoms with E-state index in [1.807, 2.05) is 61.5 Å². The Bertz CT molecular complexity index is 1510. The van der Waals surface area contributed by atoms with Gasteiger partial charge in [-0.05, 0) is 65.6 Å². The number of carbonyl (C=O) groups is 1. The van der Waals surface area contributed by atoms with Gasteiger partial charge in [0.15, 0.2) is 17.5 Å². The van der Waals surface area contributed by atoms with Gasteiger partial charge in [-0.2, -0.15) is 0 Å². The summed E-state index contributed by atoms with van der Waals surface area (Å²) < 4.78 is 15.9. The SMILES string of the molecule is C=C(Nc1cc(NC(=N)NC(=O)c2cc(OC)c(OC)c(OC)c2)ccc1C)c1ccc(-c2ccncc2)cc1. The molecule has 1 heterocycles. The molecule has 0 radical (unpaired) electrons. The van der Waals surface area contributed by atoms with E-state index in [4.69, 9.17) is 19.6 Å². The number of hydrogen-bond donors (Lipinski definition) is 4. The Balaban J connectivity index is 1.42. The van der Waals surface area contributed by atoms with Crippen molar-refractivity contribution < 1.29 is 19.0 Å². The molecule has 0 bridgehead atoms. The summed E-state index contributed by atoms with van der Waals surface area (Å²) in [6, 6.07) is 20.7. The van der Waals surface area contributed by atoms with E-state index in [1.54, 1.807) is 12.4 Å². The second-order valence-corrected chi connectivity index (χ2v) is 8.81. The van der Waals surface area contributed by atoms with Crippen LogP contribution < -0.4 is 30.2 Å². The van der Waals surface area contributed by atoms with E-state index in [2.05, 4.69) is 27.5 Å². The van der Waals surface area contributed by atoms with Crippen molar-refractivity contribution in [3.8, 4) is 28.4 Å². The van der Waals surface area contributed by atoms with Gasteiger partial charge in [-0.15, -0.1) is 0 Å². The van der Waals surface area contributed by atoms with E-state index in [-0.39, 0.29) is 11.5 Å². The first-order valence-electron chi connectivity index (χ1n) is 12.4. The van der Waals surface area contributed by atoms with Gasteiger partial charge in [-0.25, -0.2) is 0 Å². The molecule has 204 valence electrons. The van der Waals surface area contributed by atoms with Crippen LogP contribution in [0.15, 0.2) is 85.7 Å². The van der Waals surface area contributed by atoms with Crippen LogP contribution in [0.25, 0.3) is 16.8 Å². The number of nitrogens with zero attached hydrogens (tertiary/aromatic N) is 1. The van der Waals surface area contributed by atoms with Crippen molar-refractivity contribution >= 4 is 28.9 Å². The fraction of sp³-hybridized carbons (Fsp3) is 0.129. The second kappa shape index (κ2) is 12.5. The molecule has 4 N–H and O–H groups in total. The number of anilines is 2. The Morgan fingerprint density at radius 1 is 0.800 bits per heavy atom. The maximum atomic E-state index is 12.8. The van der Waals surface area contributed by atoms with E-state index >= 15 is 0 Å². The van der Waals surface area contributed by atoms with Crippen molar-refractivity contribution in [3.05, 3.63) is 102 Å². The average molecular weight is 538 g/mol. The van der Waals surface area contributed by atoms with Gasteiger partial charge in [-0.3, -0.25) is 20.5 Å². The summed E-state index contributed by atoms with van der Waals surface area (Å²) in [5.74, 6) is 0.353. The molecule has 40 heavy (non-hydrogen) atoms. The third-order valence-corrected chi connectivity index (χ3v) is 6.20. The lowest BCUT2D eigenvalue weighted by molar-refractivity contribution is 0.0976. The quantitative estimate of drug-likeness (QED) is 0.154. The maximum absolute atomic E-state index is 12.8. The number of amides is 1. The van der Waals surface area contributed by atoms with E-state index in [0.717, 1.165) is 33.6 Å². The molecule has 1 aromatic heterocycles. The predicted octanol–water partition coefficient (Wildman–Crippen LogP) is 5.94. The number of ether oxygens (including phenoxy) is 3. The van der Waals surface area contributed by atoms with Gasteiger partial charge >= 0.3 is 0 Å². The Kier molecular flexibility index (Phi) is 8.65. The van der Waals surface area contributed by atoms with Gasteiger partial charge in [0.1, 0.15) is 0 Å². The lowest BCUT2D eigenvalue weighted by atomic mass is 10.0. The highest BCUT2D eigenvalue weighted by molar-refractivity contribution is 6.09. The van der Waals surface area contributed by atoms with E-state index < -0.39 is 5.91 Å². The van der Waals surface area contributed by atoms with Gasteiger partial charge in [-0.1, -0.05) is 36.9 Å². The van der Waals surface area contributed by atoms with Crippen LogP contribution in [0.5, 0.6) is 17.2 Å². The summed E-state index contributed by atoms with van der Waals surface area (Å²) in [6.45, 7) is 6.17. The van der Waals surface area contributed by atoms with Gasteiger partial charge in [0.05, 0.1) is 21.3 Å². The van der Waals surface area contributed by atoms with Gasteiger partial charge in [0.2, 0.25) is 5.75 Å². The summed E-state index contributed by atoms with van der Waals surface area (Å²) in [6.07, 6.45) is 3.54. The molecular weight excluding hydrogens is 506 g/mol. The van der Waals surface area contributed by atoms with Crippen LogP contribution in [0.2, 0.25) is 0 Å². The van der Waals surface area contributed by atoms with Crippen LogP contribution >= 0.6 is 0 Å². The fourth-order valence-corrected chi connectivity index (χ4v) is 4.05. The lowest BCUT2D eigenvalue weighted by Gasteiger charge is -2.16. The molecule has 4 aromatic rings. The number of aryl methyl sites for hydroxylation is 1. The monoisotopic (exact) mass is 537 g/mol. The molecule has 0 atom stereocenters. The van der Waals surface area contributed by atoms with Crippen molar-refractivity contribution in [1.29, 1.82) is 5.41 Å². The minimum Gasteiger partial charge on any atom is -0.493 e. The van der Waals surface area contributed by atoms with Crippen molar-refractivity contribution in [2.75, 3.05) is 32.0 Å². The third kappa shape index (κ3) is 6.39. The first kappa shape index (κ1) is 27.7. The molecule has 0 aliphatic heterocycles. The summed E-state index contributed by atoms with van der Waals surface area (Å²) in [5, 5.41) is 17.1. The summed E-state index contributed by atoms with van der Waals surface area (Å²) in [4.78, 5) is 16.9. The number of carbonyl (C=O) groups excluding carboxylic acids is 1. The van der Waals surface area contributed by atoms with Crippen LogP contribution in [0.3, 0.4) is 0 Å². The molecular formula is C31H31N5O4. The first-order chi connectivity index (χ1) is 19.3. The number of nitrogens with one attached hydrogen (secondary N) is 4. The van der Waals surface area contributed by atoms with Crippen molar-refractivity contribution in [2.24, 2.45) is 0 Å². The highest BCUT2D eigenvalue weighted by Gasteiger charge is 2.18. The Hall–Kier alpha value is -5.31. The largest absolute Gasteiger partial charge is 0.493 e. The number of hydrogen-bond acceptors (Lipinski definition) is 7. The molecule has 0 aliphatic rings. The smallest absolute Gasteiger partial charge is 0.258 e. The molecule has 9 nitrogen and oxygen atoms in total. The van der Waals surface area contributed by atoms with E-state index in [0.29, 0.717) is 22.9 Å². The fourth-order valence-electron chi connectivity index (χ4n) is 4.05. The minimum atomic E-state index is -0.509. The van der Waals surface area contributed by atoms with Crippen LogP contribution in [-0.4, -0.2) is 38.2 Å². The van der Waals surface area contributed by atoms with Gasteiger partial charge in [0.25, 0.3) is 5.91 Å². The number of rotatable bonds is 9. The molecule has 0 unspecified atom stereocenters. The Labute approximate surface area is 233 Å². The summed E-state index contributed by atoms with van der Waals surface area (Å²) in [5.41, 5.74) is 6.53. The summed E-state index contributed by atoms with van der Waals surface area (Å²) in [7, 11) is 4.43. The van der Waals surface area contributed by atoms with Crippen LogP contribution in [0.4, 0.5) is 11.4 Å². The highest BCUT2D eigenvalue weighted by Crippen LogP contribution is 2.38. The van der Waals surface area contributed by atoms with Gasteiger partial charge < -0.3 is 24.8 Å². The molecule has 0 aliphatic carbocycles. The second-order valence-electron chi connectivity index (χ2n) is 8.81. The average Bonchev–Trinajstić information content (AvgIpc) is 2.98. The van der Waals surface area contributed by atoms with Crippen molar-refractivity contribution in [1.82, 2.24) is 10.3 Å². The number of guanidine groups is 1. The topological polar surface area (TPSA) is 118 Å². The van der Waals surface area contributed by atoms with Crippen molar-refractivity contribution in [2.45, 2.75) is 6.92 Å². The number of methoxy groups -OCH3 is 3. The third-order valence-electron chi connectivity index (χ3n) is 6.20. The zero-order valence-electron chi connectivity index (χ0n) is 22.8. The molecule has 3 aromatic carbocycles. The van der Waals surface area contributed by atoms with E-state index in [1.165, 1.54) is 33.5 Å². The standard InChI is InChI=1S/C31H31N5O4/c1-19-6-11-25(35-31(32)36-30(37)24-16-27(38-3)29(40-5)28(17-24)39-4)18-26(19)34-20(2)21-7-9-22(10-8-21)23-12-14-33-15-13-23/h6-18,34H,2H2,1,3-5H3,(H3,32,35,36,37). The molecule has 0 fully saturated rings. The molecule has 0 saturated carbocycles. The Morgan fingerprint density at radius 2 is 1.43 bits per heavy atom. The zero-order chi connectivity index (χ0) is 28.6. The zero-order valence-corrected chi connectivity index (χ0v) is 22.8. The van der Waals surface area contributed by atoms with Gasteiger partial charge in [0, 0.05) is 35.0 Å². The minimum absolute atomic E-state index is 0.195. The predicted molar refractivity (Wildman–Crippen MR) is 158 cm³/mol. The van der Waals surface area contributed by atoms with E-state index in [9.17, 15) is 4.79 Å². The number of pyridine rings is 1. The maximum Gasteiger partial charge on any atom is 0.258 e. The van der Waals surface area contributed by atoms with Crippen LogP contribution in [0, 0.1) is 12.3 Å². The lowest BCUT2D eigenvalue weighted by Crippen LogP contribution is -2.35. The number of benzene rings is 3. The normalized spacial score (nSPS) is 10.3. The van der Waals surface area contributed by atoms with Crippen molar-refractivity contribution in [3.63, 3.8) is 0 Å². The molecule has 9 heteroatoms. The first-order valence-corrected chi connectivity index (χ1v) is 12.4. The molecule has 0 saturated heterocycles. The molecule has 4 rings (SSSR count). The number of aromatic nitrogens is 1. The highest BCUT2D eigenvalue weighted by atomic mass is 16.5.